The summed E-state index contributed by atoms with van der Waals surface area (Å²) in [6, 6.07) is 0. The van der Waals surface area contributed by atoms with Gasteiger partial charge in [0, 0.05) is 33.2 Å². The average Bonchev–Trinajstić information content (AvgIpc) is 2.30. The Kier molecular flexibility index (Phi) is 6.42. The number of amides is 1. The van der Waals surface area contributed by atoms with Crippen LogP contribution in [-0.4, -0.2) is 50.7 Å². The fraction of sp³-hybridized carbons (Fsp3) is 0.917. The maximum atomic E-state index is 11.7. The van der Waals surface area contributed by atoms with Gasteiger partial charge in [0.05, 0.1) is 6.61 Å². The first kappa shape index (κ1) is 13.5. The summed E-state index contributed by atoms with van der Waals surface area (Å²) >= 11 is 0. The first-order valence-electron chi connectivity index (χ1n) is 6.26. The highest BCUT2D eigenvalue weighted by Gasteiger charge is 2.18. The van der Waals surface area contributed by atoms with Crippen LogP contribution >= 0.6 is 0 Å². The van der Waals surface area contributed by atoms with Crippen molar-refractivity contribution in [2.24, 2.45) is 5.92 Å². The quantitative estimate of drug-likeness (QED) is 0.686. The fourth-order valence-electron chi connectivity index (χ4n) is 2.00. The molecule has 0 aliphatic carbocycles. The molecule has 1 rings (SSSR count). The molecule has 1 fully saturated rings. The van der Waals surface area contributed by atoms with E-state index in [0.29, 0.717) is 12.3 Å². The third kappa shape index (κ3) is 4.94. The van der Waals surface area contributed by atoms with Crippen molar-refractivity contribution in [3.05, 3.63) is 0 Å². The smallest absolute Gasteiger partial charge is 0.223 e. The van der Waals surface area contributed by atoms with Crippen molar-refractivity contribution in [3.63, 3.8) is 0 Å². The van der Waals surface area contributed by atoms with Gasteiger partial charge >= 0.3 is 0 Å². The number of carbonyl (C=O) groups excluding carboxylic acids is 1. The Morgan fingerprint density at radius 2 is 2.38 bits per heavy atom. The van der Waals surface area contributed by atoms with E-state index < -0.39 is 0 Å². The number of hydrogen-bond acceptors (Lipinski definition) is 3. The molecule has 1 amide bonds. The molecule has 4 nitrogen and oxygen atoms in total. The van der Waals surface area contributed by atoms with Crippen LogP contribution in [0.25, 0.3) is 0 Å². The summed E-state index contributed by atoms with van der Waals surface area (Å²) < 4.78 is 5.41. The van der Waals surface area contributed by atoms with Gasteiger partial charge in [0.1, 0.15) is 0 Å². The normalized spacial score (nSPS) is 20.8. The molecule has 4 heteroatoms. The number of rotatable bonds is 6. The zero-order valence-corrected chi connectivity index (χ0v) is 10.5. The molecule has 0 aromatic carbocycles. The lowest BCUT2D eigenvalue weighted by Gasteiger charge is -2.27. The summed E-state index contributed by atoms with van der Waals surface area (Å²) in [6.45, 7) is 6.28. The number of hydrogen-bond donors (Lipinski definition) is 1. The molecule has 0 saturated carbocycles. The van der Waals surface area contributed by atoms with E-state index >= 15 is 0 Å². The van der Waals surface area contributed by atoms with Crippen LogP contribution in [0.4, 0.5) is 0 Å². The Labute approximate surface area is 98.3 Å². The van der Waals surface area contributed by atoms with Gasteiger partial charge in [0.2, 0.25) is 5.91 Å². The molecule has 0 aromatic heterocycles. The summed E-state index contributed by atoms with van der Waals surface area (Å²) in [4.78, 5) is 13.6. The highest BCUT2D eigenvalue weighted by molar-refractivity contribution is 5.76. The lowest BCUT2D eigenvalue weighted by molar-refractivity contribution is -0.130. The van der Waals surface area contributed by atoms with Gasteiger partial charge in [0.15, 0.2) is 0 Å². The zero-order valence-electron chi connectivity index (χ0n) is 10.5. The van der Waals surface area contributed by atoms with Crippen molar-refractivity contribution < 1.29 is 9.53 Å². The Bertz CT molecular complexity index is 203. The van der Waals surface area contributed by atoms with Gasteiger partial charge in [-0.15, -0.1) is 0 Å². The van der Waals surface area contributed by atoms with E-state index in [0.717, 1.165) is 39.3 Å². The van der Waals surface area contributed by atoms with Crippen LogP contribution < -0.4 is 5.32 Å². The van der Waals surface area contributed by atoms with Crippen molar-refractivity contribution in [3.8, 4) is 0 Å². The van der Waals surface area contributed by atoms with Gasteiger partial charge in [-0.2, -0.15) is 0 Å². The van der Waals surface area contributed by atoms with Crippen LogP contribution in [0, 0.1) is 5.92 Å². The number of ether oxygens (including phenoxy) is 1. The minimum absolute atomic E-state index is 0.228. The van der Waals surface area contributed by atoms with E-state index in [-0.39, 0.29) is 5.91 Å². The molecule has 0 bridgehead atoms. The summed E-state index contributed by atoms with van der Waals surface area (Å²) in [5, 5.41) is 3.17. The standard InChI is InChI=1S/C12H24N2O2/c1-3-13-7-6-12(15)14(2)9-11-5-4-8-16-10-11/h11,13H,3-10H2,1-2H3. The minimum atomic E-state index is 0.228. The molecule has 0 spiro atoms. The lowest BCUT2D eigenvalue weighted by Crippen LogP contribution is -2.36. The number of nitrogens with zero attached hydrogens (tertiary/aromatic N) is 1. The van der Waals surface area contributed by atoms with Gasteiger partial charge < -0.3 is 15.0 Å². The largest absolute Gasteiger partial charge is 0.381 e. The Morgan fingerprint density at radius 3 is 3.00 bits per heavy atom. The minimum Gasteiger partial charge on any atom is -0.381 e. The molecule has 1 N–H and O–H groups in total. The molecule has 1 aliphatic heterocycles. The second-order valence-corrected chi connectivity index (χ2v) is 4.46. The zero-order chi connectivity index (χ0) is 11.8. The molecule has 1 heterocycles. The van der Waals surface area contributed by atoms with E-state index in [9.17, 15) is 4.79 Å². The molecule has 16 heavy (non-hydrogen) atoms. The van der Waals surface area contributed by atoms with Crippen molar-refractivity contribution in [1.82, 2.24) is 10.2 Å². The summed E-state index contributed by atoms with van der Waals surface area (Å²) in [5.41, 5.74) is 0. The lowest BCUT2D eigenvalue weighted by atomic mass is 10.0. The van der Waals surface area contributed by atoms with Gasteiger partial charge in [-0.05, 0) is 25.3 Å². The van der Waals surface area contributed by atoms with Crippen molar-refractivity contribution in [2.45, 2.75) is 26.2 Å². The number of carbonyl (C=O) groups is 1. The topological polar surface area (TPSA) is 41.6 Å². The predicted octanol–water partition coefficient (Wildman–Crippen LogP) is 0.871. The molecule has 1 unspecified atom stereocenters. The van der Waals surface area contributed by atoms with Gasteiger partial charge in [0.25, 0.3) is 0 Å². The molecule has 0 radical (unpaired) electrons. The third-order valence-corrected chi connectivity index (χ3v) is 2.98. The van der Waals surface area contributed by atoms with E-state index in [1.165, 1.54) is 6.42 Å². The van der Waals surface area contributed by atoms with E-state index in [2.05, 4.69) is 5.32 Å². The van der Waals surface area contributed by atoms with Crippen LogP contribution in [0.5, 0.6) is 0 Å². The monoisotopic (exact) mass is 228 g/mol. The summed E-state index contributed by atoms with van der Waals surface area (Å²) in [7, 11) is 1.89. The van der Waals surface area contributed by atoms with E-state index in [1.54, 1.807) is 0 Å². The highest BCUT2D eigenvalue weighted by atomic mass is 16.5. The maximum Gasteiger partial charge on any atom is 0.223 e. The van der Waals surface area contributed by atoms with Crippen LogP contribution in [0.2, 0.25) is 0 Å². The van der Waals surface area contributed by atoms with Crippen LogP contribution in [0.15, 0.2) is 0 Å². The molecular weight excluding hydrogens is 204 g/mol. The van der Waals surface area contributed by atoms with Crippen LogP contribution in [0.3, 0.4) is 0 Å². The molecular formula is C12H24N2O2. The summed E-state index contributed by atoms with van der Waals surface area (Å²) in [5.74, 6) is 0.758. The third-order valence-electron chi connectivity index (χ3n) is 2.98. The molecule has 1 atom stereocenters. The van der Waals surface area contributed by atoms with Gasteiger partial charge in [-0.25, -0.2) is 0 Å². The summed E-state index contributed by atoms with van der Waals surface area (Å²) in [6.07, 6.45) is 2.91. The second-order valence-electron chi connectivity index (χ2n) is 4.46. The maximum absolute atomic E-state index is 11.7. The molecule has 1 saturated heterocycles. The number of nitrogens with one attached hydrogen (secondary N) is 1. The Morgan fingerprint density at radius 1 is 1.56 bits per heavy atom. The highest BCUT2D eigenvalue weighted by Crippen LogP contribution is 2.14. The van der Waals surface area contributed by atoms with Crippen molar-refractivity contribution in [1.29, 1.82) is 0 Å². The predicted molar refractivity (Wildman–Crippen MR) is 64.3 cm³/mol. The molecule has 1 aliphatic rings. The van der Waals surface area contributed by atoms with E-state index in [4.69, 9.17) is 4.74 Å². The fourth-order valence-corrected chi connectivity index (χ4v) is 2.00. The second kappa shape index (κ2) is 7.63. The average molecular weight is 228 g/mol. The Hall–Kier alpha value is -0.610. The molecule has 94 valence electrons. The molecule has 0 aromatic rings. The van der Waals surface area contributed by atoms with Crippen LogP contribution in [0.1, 0.15) is 26.2 Å². The van der Waals surface area contributed by atoms with Gasteiger partial charge in [-0.1, -0.05) is 6.92 Å². The Balaban J connectivity index is 2.16. The first-order valence-corrected chi connectivity index (χ1v) is 6.26. The first-order chi connectivity index (χ1) is 7.74. The van der Waals surface area contributed by atoms with E-state index in [1.807, 2.05) is 18.9 Å². The van der Waals surface area contributed by atoms with Crippen molar-refractivity contribution in [2.75, 3.05) is 39.9 Å². The SMILES string of the molecule is CCNCCC(=O)N(C)CC1CCCOC1. The van der Waals surface area contributed by atoms with Gasteiger partial charge in [-0.3, -0.25) is 4.79 Å². The van der Waals surface area contributed by atoms with Crippen molar-refractivity contribution >= 4 is 5.91 Å². The van der Waals surface area contributed by atoms with Crippen LogP contribution in [-0.2, 0) is 9.53 Å².